The Kier molecular flexibility index (Phi) is 3.93. The predicted molar refractivity (Wildman–Crippen MR) is 75.6 cm³/mol. The van der Waals surface area contributed by atoms with Crippen molar-refractivity contribution in [2.24, 2.45) is 17.6 Å². The van der Waals surface area contributed by atoms with Gasteiger partial charge in [0.25, 0.3) is 0 Å². The van der Waals surface area contributed by atoms with Crippen LogP contribution in [0.15, 0.2) is 18.2 Å². The minimum Gasteiger partial charge on any atom is -0.342 e. The molecule has 2 N–H and O–H groups in total. The van der Waals surface area contributed by atoms with Crippen molar-refractivity contribution in [3.63, 3.8) is 0 Å². The van der Waals surface area contributed by atoms with Crippen molar-refractivity contribution in [3.8, 4) is 0 Å². The zero-order valence-electron chi connectivity index (χ0n) is 11.9. The maximum absolute atomic E-state index is 13.8. The summed E-state index contributed by atoms with van der Waals surface area (Å²) in [5, 5.41) is 0. The van der Waals surface area contributed by atoms with E-state index in [4.69, 9.17) is 5.73 Å². The van der Waals surface area contributed by atoms with E-state index >= 15 is 0 Å². The summed E-state index contributed by atoms with van der Waals surface area (Å²) in [4.78, 5) is 14.3. The van der Waals surface area contributed by atoms with E-state index in [1.165, 1.54) is 6.07 Å². The zero-order chi connectivity index (χ0) is 15.0. The molecule has 3 rings (SSSR count). The third kappa shape index (κ3) is 2.79. The molecule has 1 saturated carbocycles. The van der Waals surface area contributed by atoms with Gasteiger partial charge in [-0.05, 0) is 49.3 Å². The van der Waals surface area contributed by atoms with Crippen molar-refractivity contribution in [3.05, 3.63) is 35.4 Å². The molecule has 1 saturated heterocycles. The van der Waals surface area contributed by atoms with E-state index in [0.717, 1.165) is 32.0 Å². The highest BCUT2D eigenvalue weighted by Crippen LogP contribution is 2.49. The first kappa shape index (κ1) is 14.4. The summed E-state index contributed by atoms with van der Waals surface area (Å²) in [5.74, 6) is -1.41. The number of hydrogen-bond donors (Lipinski definition) is 1. The average molecular weight is 294 g/mol. The molecule has 5 heteroatoms. The maximum atomic E-state index is 13.8. The standard InChI is InChI=1S/C16H20F2N2O/c17-14-3-1-2-11(15(14)18)12-8-13(12)16(21)20-6-4-10(9-19)5-7-20/h1-3,10,12-13H,4-9,19H2. The molecule has 114 valence electrons. The number of rotatable bonds is 3. The smallest absolute Gasteiger partial charge is 0.226 e. The van der Waals surface area contributed by atoms with Gasteiger partial charge >= 0.3 is 0 Å². The molecule has 3 nitrogen and oxygen atoms in total. The second kappa shape index (κ2) is 5.72. The first-order chi connectivity index (χ1) is 10.1. The monoisotopic (exact) mass is 294 g/mol. The van der Waals surface area contributed by atoms with Crippen LogP contribution in [0.5, 0.6) is 0 Å². The van der Waals surface area contributed by atoms with E-state index in [1.54, 1.807) is 6.07 Å². The van der Waals surface area contributed by atoms with Crippen LogP contribution in [0.1, 0.15) is 30.7 Å². The summed E-state index contributed by atoms with van der Waals surface area (Å²) >= 11 is 0. The lowest BCUT2D eigenvalue weighted by atomic mass is 9.96. The quantitative estimate of drug-likeness (QED) is 0.929. The molecule has 1 aliphatic heterocycles. The Balaban J connectivity index is 1.63. The second-order valence-electron chi connectivity index (χ2n) is 6.10. The topological polar surface area (TPSA) is 46.3 Å². The largest absolute Gasteiger partial charge is 0.342 e. The molecular formula is C16H20F2N2O. The van der Waals surface area contributed by atoms with Crippen LogP contribution in [-0.2, 0) is 4.79 Å². The highest BCUT2D eigenvalue weighted by molar-refractivity contribution is 5.83. The molecule has 2 unspecified atom stereocenters. The van der Waals surface area contributed by atoms with Gasteiger partial charge in [-0.25, -0.2) is 8.78 Å². The lowest BCUT2D eigenvalue weighted by Crippen LogP contribution is -2.41. The highest BCUT2D eigenvalue weighted by atomic mass is 19.2. The van der Waals surface area contributed by atoms with Gasteiger partial charge in [0.05, 0.1) is 0 Å². The lowest BCUT2D eigenvalue weighted by Gasteiger charge is -2.31. The number of likely N-dealkylation sites (tertiary alicyclic amines) is 1. The molecule has 1 heterocycles. The number of amides is 1. The van der Waals surface area contributed by atoms with Gasteiger partial charge in [0.15, 0.2) is 11.6 Å². The van der Waals surface area contributed by atoms with Crippen LogP contribution in [0.2, 0.25) is 0 Å². The van der Waals surface area contributed by atoms with Crippen LogP contribution in [0.4, 0.5) is 8.78 Å². The Hall–Kier alpha value is -1.49. The predicted octanol–water partition coefficient (Wildman–Crippen LogP) is 2.27. The van der Waals surface area contributed by atoms with Crippen LogP contribution in [0, 0.1) is 23.5 Å². The Bertz CT molecular complexity index is 541. The van der Waals surface area contributed by atoms with Crippen LogP contribution >= 0.6 is 0 Å². The number of piperidine rings is 1. The molecular weight excluding hydrogens is 274 g/mol. The molecule has 1 amide bonds. The van der Waals surface area contributed by atoms with Crippen molar-refractivity contribution >= 4 is 5.91 Å². The van der Waals surface area contributed by atoms with Crippen molar-refractivity contribution in [1.82, 2.24) is 4.90 Å². The zero-order valence-corrected chi connectivity index (χ0v) is 11.9. The van der Waals surface area contributed by atoms with Gasteiger partial charge < -0.3 is 10.6 Å². The number of halogens is 2. The molecule has 0 radical (unpaired) electrons. The fraction of sp³-hybridized carbons (Fsp3) is 0.562. The average Bonchev–Trinajstić information content (AvgIpc) is 3.30. The van der Waals surface area contributed by atoms with Crippen molar-refractivity contribution in [1.29, 1.82) is 0 Å². The first-order valence-corrected chi connectivity index (χ1v) is 7.54. The summed E-state index contributed by atoms with van der Waals surface area (Å²) in [5.41, 5.74) is 5.98. The maximum Gasteiger partial charge on any atom is 0.226 e. The number of carbonyl (C=O) groups excluding carboxylic acids is 1. The highest BCUT2D eigenvalue weighted by Gasteiger charge is 2.47. The van der Waals surface area contributed by atoms with Crippen LogP contribution in [0.25, 0.3) is 0 Å². The molecule has 1 aromatic carbocycles. The minimum atomic E-state index is -0.839. The number of hydrogen-bond acceptors (Lipinski definition) is 2. The van der Waals surface area contributed by atoms with Gasteiger partial charge in [-0.15, -0.1) is 0 Å². The molecule has 0 bridgehead atoms. The summed E-state index contributed by atoms with van der Waals surface area (Å²) in [6.45, 7) is 2.13. The van der Waals surface area contributed by atoms with Crippen LogP contribution in [0.3, 0.4) is 0 Å². The molecule has 0 aromatic heterocycles. The molecule has 21 heavy (non-hydrogen) atoms. The Morgan fingerprint density at radius 1 is 1.29 bits per heavy atom. The van der Waals surface area contributed by atoms with Gasteiger partial charge in [0, 0.05) is 19.0 Å². The van der Waals surface area contributed by atoms with Crippen LogP contribution in [-0.4, -0.2) is 30.4 Å². The minimum absolute atomic E-state index is 0.0825. The molecule has 1 aliphatic carbocycles. The Morgan fingerprint density at radius 3 is 2.67 bits per heavy atom. The Morgan fingerprint density at radius 2 is 2.00 bits per heavy atom. The molecule has 0 spiro atoms. The van der Waals surface area contributed by atoms with Gasteiger partial charge in [-0.2, -0.15) is 0 Å². The van der Waals surface area contributed by atoms with Gasteiger partial charge in [-0.3, -0.25) is 4.79 Å². The molecule has 2 atom stereocenters. The van der Waals surface area contributed by atoms with E-state index in [1.807, 2.05) is 4.90 Å². The second-order valence-corrected chi connectivity index (χ2v) is 6.10. The van der Waals surface area contributed by atoms with Crippen molar-refractivity contribution in [2.75, 3.05) is 19.6 Å². The van der Waals surface area contributed by atoms with Gasteiger partial charge in [0.1, 0.15) is 0 Å². The van der Waals surface area contributed by atoms with Gasteiger partial charge in [0.2, 0.25) is 5.91 Å². The van der Waals surface area contributed by atoms with Crippen molar-refractivity contribution < 1.29 is 13.6 Å². The summed E-state index contributed by atoms with van der Waals surface area (Å²) in [7, 11) is 0. The van der Waals surface area contributed by atoms with E-state index in [0.29, 0.717) is 24.4 Å². The number of carbonyl (C=O) groups is 1. The SMILES string of the molecule is NCC1CCN(C(=O)C2CC2c2cccc(F)c2F)CC1. The fourth-order valence-corrected chi connectivity index (χ4v) is 3.24. The molecule has 2 aliphatic rings. The summed E-state index contributed by atoms with van der Waals surface area (Å²) < 4.78 is 27.0. The lowest BCUT2D eigenvalue weighted by molar-refractivity contribution is -0.134. The summed E-state index contributed by atoms with van der Waals surface area (Å²) in [6, 6.07) is 4.19. The van der Waals surface area contributed by atoms with E-state index in [9.17, 15) is 13.6 Å². The molecule has 2 fully saturated rings. The van der Waals surface area contributed by atoms with E-state index in [-0.39, 0.29) is 17.7 Å². The van der Waals surface area contributed by atoms with Crippen molar-refractivity contribution in [2.45, 2.75) is 25.2 Å². The number of nitrogens with two attached hydrogens (primary N) is 1. The summed E-state index contributed by atoms with van der Waals surface area (Å²) in [6.07, 6.45) is 2.50. The van der Waals surface area contributed by atoms with Crippen LogP contribution < -0.4 is 5.73 Å². The normalized spacial score (nSPS) is 26.0. The Labute approximate surface area is 123 Å². The fourth-order valence-electron chi connectivity index (χ4n) is 3.24. The molecule has 1 aromatic rings. The van der Waals surface area contributed by atoms with E-state index < -0.39 is 11.6 Å². The third-order valence-corrected chi connectivity index (χ3v) is 4.75. The van der Waals surface area contributed by atoms with E-state index in [2.05, 4.69) is 0 Å². The van der Waals surface area contributed by atoms with Gasteiger partial charge in [-0.1, -0.05) is 12.1 Å². The third-order valence-electron chi connectivity index (χ3n) is 4.75. The number of benzene rings is 1. The number of nitrogens with zero attached hydrogens (tertiary/aromatic N) is 1. The first-order valence-electron chi connectivity index (χ1n) is 7.54.